The Morgan fingerprint density at radius 3 is 2.39 bits per heavy atom. The van der Waals surface area contributed by atoms with Gasteiger partial charge in [-0.1, -0.05) is 6.42 Å². The lowest BCUT2D eigenvalue weighted by molar-refractivity contribution is -0.120. The number of benzene rings is 2. The molecule has 1 aliphatic heterocycles. The predicted octanol–water partition coefficient (Wildman–Crippen LogP) is 5.76. The fourth-order valence-corrected chi connectivity index (χ4v) is 4.74. The van der Waals surface area contributed by atoms with E-state index in [2.05, 4.69) is 4.98 Å². The Bertz CT molecular complexity index is 1110. The molecular weight excluding hydrogens is 429 g/mol. The van der Waals surface area contributed by atoms with Crippen LogP contribution in [0.4, 0.5) is 13.2 Å². The molecule has 1 saturated heterocycles. The molecule has 176 valence electrons. The van der Waals surface area contributed by atoms with Crippen LogP contribution in [0.25, 0.3) is 22.2 Å². The molecule has 1 amide bonds. The van der Waals surface area contributed by atoms with E-state index in [0.717, 1.165) is 74.5 Å². The molecule has 2 aromatic carbocycles. The summed E-state index contributed by atoms with van der Waals surface area (Å²) in [6.45, 7) is 3.37. The average molecular weight is 459 g/mol. The Labute approximate surface area is 191 Å². The van der Waals surface area contributed by atoms with Gasteiger partial charge >= 0.3 is 0 Å². The molecule has 7 heteroatoms. The minimum Gasteiger partial charge on any atom is -0.393 e. The van der Waals surface area contributed by atoms with E-state index in [4.69, 9.17) is 0 Å². The van der Waals surface area contributed by atoms with E-state index in [1.807, 2.05) is 0 Å². The van der Waals surface area contributed by atoms with Crippen molar-refractivity contribution in [2.45, 2.75) is 51.0 Å². The SMILES string of the molecule is CC(O)C1CCCN(C=O)C1.Fc1ccc(-c2[nH]c3c(F)cc(F)cc3c2C2CCC2)cc1. The van der Waals surface area contributed by atoms with E-state index >= 15 is 0 Å². The number of aromatic amines is 1. The number of aliphatic hydroxyl groups is 1. The van der Waals surface area contributed by atoms with Crippen LogP contribution in [-0.4, -0.2) is 40.6 Å². The third-order valence-electron chi connectivity index (χ3n) is 6.83. The standard InChI is InChI=1S/C18H14F3N.C8H15NO2/c19-12-6-4-11(5-7-12)17-16(10-2-1-3-10)14-8-13(20)9-15(21)18(14)22-17;1-7(11)8-3-2-4-9(5-8)6-10/h4-10,22H,1-3H2;6-8,11H,2-5H2,1H3. The highest BCUT2D eigenvalue weighted by atomic mass is 19.1. The highest BCUT2D eigenvalue weighted by Gasteiger charge is 2.28. The van der Waals surface area contributed by atoms with Gasteiger partial charge in [-0.2, -0.15) is 0 Å². The highest BCUT2D eigenvalue weighted by Crippen LogP contribution is 2.45. The van der Waals surface area contributed by atoms with Crippen LogP contribution in [0.3, 0.4) is 0 Å². The largest absolute Gasteiger partial charge is 0.393 e. The first-order valence-electron chi connectivity index (χ1n) is 11.5. The van der Waals surface area contributed by atoms with Gasteiger partial charge < -0.3 is 15.0 Å². The number of rotatable bonds is 4. The number of aliphatic hydroxyl groups excluding tert-OH is 1. The second-order valence-corrected chi connectivity index (χ2v) is 9.10. The van der Waals surface area contributed by atoms with Crippen LogP contribution in [0.1, 0.15) is 50.5 Å². The monoisotopic (exact) mass is 458 g/mol. The summed E-state index contributed by atoms with van der Waals surface area (Å²) < 4.78 is 40.8. The van der Waals surface area contributed by atoms with Gasteiger partial charge in [-0.25, -0.2) is 13.2 Å². The topological polar surface area (TPSA) is 56.3 Å². The molecule has 1 aromatic heterocycles. The maximum Gasteiger partial charge on any atom is 0.209 e. The van der Waals surface area contributed by atoms with E-state index in [9.17, 15) is 23.1 Å². The van der Waals surface area contributed by atoms with E-state index in [1.165, 1.54) is 18.2 Å². The second kappa shape index (κ2) is 10.00. The number of aromatic nitrogens is 1. The molecule has 2 heterocycles. The van der Waals surface area contributed by atoms with Crippen molar-refractivity contribution in [1.82, 2.24) is 9.88 Å². The van der Waals surface area contributed by atoms with E-state index in [-0.39, 0.29) is 17.8 Å². The van der Waals surface area contributed by atoms with Crippen LogP contribution in [-0.2, 0) is 4.79 Å². The van der Waals surface area contributed by atoms with Gasteiger partial charge in [0.05, 0.1) is 17.3 Å². The minimum absolute atomic E-state index is 0.280. The smallest absolute Gasteiger partial charge is 0.209 e. The minimum atomic E-state index is -0.594. The van der Waals surface area contributed by atoms with Gasteiger partial charge in [-0.15, -0.1) is 0 Å². The molecule has 4 nitrogen and oxygen atoms in total. The fourth-order valence-electron chi connectivity index (χ4n) is 4.74. The first kappa shape index (κ1) is 23.4. The zero-order valence-electron chi connectivity index (χ0n) is 18.7. The summed E-state index contributed by atoms with van der Waals surface area (Å²) in [5.41, 5.74) is 2.83. The third-order valence-corrected chi connectivity index (χ3v) is 6.83. The van der Waals surface area contributed by atoms with Gasteiger partial charge in [0.15, 0.2) is 0 Å². The lowest BCUT2D eigenvalue weighted by Crippen LogP contribution is -2.38. The Hall–Kier alpha value is -2.80. The van der Waals surface area contributed by atoms with Crippen molar-refractivity contribution in [1.29, 1.82) is 0 Å². The first-order chi connectivity index (χ1) is 15.9. The molecule has 33 heavy (non-hydrogen) atoms. The summed E-state index contributed by atoms with van der Waals surface area (Å²) in [7, 11) is 0. The number of likely N-dealkylation sites (tertiary alicyclic amines) is 1. The normalized spacial score (nSPS) is 19.5. The van der Waals surface area contributed by atoms with Gasteiger partial charge in [0, 0.05) is 30.5 Å². The van der Waals surface area contributed by atoms with Gasteiger partial charge in [0.25, 0.3) is 0 Å². The van der Waals surface area contributed by atoms with Crippen LogP contribution in [0.2, 0.25) is 0 Å². The van der Waals surface area contributed by atoms with Crippen molar-refractivity contribution < 1.29 is 23.1 Å². The lowest BCUT2D eigenvalue weighted by atomic mass is 9.78. The molecule has 0 spiro atoms. The third kappa shape index (κ3) is 5.08. The van der Waals surface area contributed by atoms with Crippen LogP contribution in [0, 0.1) is 23.4 Å². The summed E-state index contributed by atoms with van der Waals surface area (Å²) in [5.74, 6) is -0.898. The predicted molar refractivity (Wildman–Crippen MR) is 122 cm³/mol. The number of nitrogens with zero attached hydrogens (tertiary/aromatic N) is 1. The van der Waals surface area contributed by atoms with E-state index in [0.29, 0.717) is 16.8 Å². The lowest BCUT2D eigenvalue weighted by Gasteiger charge is -2.31. The summed E-state index contributed by atoms with van der Waals surface area (Å²) in [5, 5.41) is 9.85. The number of carbonyl (C=O) groups is 1. The van der Waals surface area contributed by atoms with Crippen LogP contribution < -0.4 is 0 Å². The molecular formula is C26H29F3N2O2. The number of hydrogen-bond acceptors (Lipinski definition) is 2. The van der Waals surface area contributed by atoms with Crippen LogP contribution >= 0.6 is 0 Å². The van der Waals surface area contributed by atoms with E-state index < -0.39 is 11.6 Å². The maximum atomic E-state index is 14.1. The first-order valence-corrected chi connectivity index (χ1v) is 11.5. The number of hydrogen-bond donors (Lipinski definition) is 2. The number of halogens is 3. The van der Waals surface area contributed by atoms with Gasteiger partial charge in [0.1, 0.15) is 17.5 Å². The molecule has 1 saturated carbocycles. The summed E-state index contributed by atoms with van der Waals surface area (Å²) in [6, 6.07) is 8.35. The second-order valence-electron chi connectivity index (χ2n) is 9.10. The molecule has 2 aliphatic rings. The molecule has 2 N–H and O–H groups in total. The average Bonchev–Trinajstić information content (AvgIpc) is 3.13. The Kier molecular flexibility index (Phi) is 7.08. The zero-order valence-corrected chi connectivity index (χ0v) is 18.7. The summed E-state index contributed by atoms with van der Waals surface area (Å²) in [4.78, 5) is 15.2. The molecule has 2 atom stereocenters. The van der Waals surface area contributed by atoms with Crippen molar-refractivity contribution in [3.05, 3.63) is 59.4 Å². The number of nitrogens with one attached hydrogen (secondary N) is 1. The number of H-pyrrole nitrogens is 1. The highest BCUT2D eigenvalue weighted by molar-refractivity contribution is 5.92. The zero-order chi connectivity index (χ0) is 23.5. The maximum absolute atomic E-state index is 14.1. The fraction of sp³-hybridized carbons (Fsp3) is 0.423. The van der Waals surface area contributed by atoms with Crippen molar-refractivity contribution in [2.75, 3.05) is 13.1 Å². The van der Waals surface area contributed by atoms with Crippen molar-refractivity contribution in [3.8, 4) is 11.3 Å². The number of piperidine rings is 1. The van der Waals surface area contributed by atoms with E-state index in [1.54, 1.807) is 24.0 Å². The number of carbonyl (C=O) groups excluding carboxylic acids is 1. The molecule has 0 radical (unpaired) electrons. The summed E-state index contributed by atoms with van der Waals surface area (Å²) in [6.07, 6.45) is 5.80. The Balaban J connectivity index is 0.000000200. The molecule has 2 fully saturated rings. The molecule has 1 aliphatic carbocycles. The number of amides is 1. The van der Waals surface area contributed by atoms with Gasteiger partial charge in [0.2, 0.25) is 6.41 Å². The Morgan fingerprint density at radius 1 is 1.06 bits per heavy atom. The van der Waals surface area contributed by atoms with Crippen LogP contribution in [0.15, 0.2) is 36.4 Å². The van der Waals surface area contributed by atoms with Gasteiger partial charge in [-0.05, 0) is 80.0 Å². The van der Waals surface area contributed by atoms with Crippen LogP contribution in [0.5, 0.6) is 0 Å². The molecule has 3 aromatic rings. The summed E-state index contributed by atoms with van der Waals surface area (Å²) >= 11 is 0. The molecule has 2 unspecified atom stereocenters. The molecule has 5 rings (SSSR count). The van der Waals surface area contributed by atoms with Crippen molar-refractivity contribution in [2.24, 2.45) is 5.92 Å². The molecule has 0 bridgehead atoms. The van der Waals surface area contributed by atoms with Crippen molar-refractivity contribution >= 4 is 17.3 Å². The Morgan fingerprint density at radius 2 is 1.79 bits per heavy atom. The number of fused-ring (bicyclic) bond motifs is 1. The van der Waals surface area contributed by atoms with Gasteiger partial charge in [-0.3, -0.25) is 4.79 Å². The quantitative estimate of drug-likeness (QED) is 0.489. The van der Waals surface area contributed by atoms with Crippen molar-refractivity contribution in [3.63, 3.8) is 0 Å².